The number of anilines is 1. The SMILES string of the molecule is CC(C)(C)Oc1ccc(NC(=O)CC(N)c2ccccc2)cc1. The zero-order valence-electron chi connectivity index (χ0n) is 13.9. The fraction of sp³-hybridized carbons (Fsp3) is 0.316. The molecule has 2 aromatic rings. The molecule has 0 aliphatic heterocycles. The Hall–Kier alpha value is -2.33. The van der Waals surface area contributed by atoms with Crippen LogP contribution in [0.4, 0.5) is 5.69 Å². The third kappa shape index (κ3) is 5.75. The van der Waals surface area contributed by atoms with Crippen molar-refractivity contribution in [3.05, 3.63) is 60.2 Å². The fourth-order valence-corrected chi connectivity index (χ4v) is 2.19. The van der Waals surface area contributed by atoms with E-state index in [2.05, 4.69) is 5.32 Å². The molecule has 122 valence electrons. The Bertz CT molecular complexity index is 631. The molecular weight excluding hydrogens is 288 g/mol. The van der Waals surface area contributed by atoms with E-state index >= 15 is 0 Å². The number of amides is 1. The van der Waals surface area contributed by atoms with E-state index < -0.39 is 0 Å². The van der Waals surface area contributed by atoms with Gasteiger partial charge >= 0.3 is 0 Å². The number of nitrogens with two attached hydrogens (primary N) is 1. The van der Waals surface area contributed by atoms with Crippen molar-refractivity contribution in [3.8, 4) is 5.75 Å². The lowest BCUT2D eigenvalue weighted by Crippen LogP contribution is -2.23. The van der Waals surface area contributed by atoms with Gasteiger partial charge in [-0.2, -0.15) is 0 Å². The molecule has 0 aromatic heterocycles. The Balaban J connectivity index is 1.90. The molecule has 2 rings (SSSR count). The topological polar surface area (TPSA) is 64.3 Å². The maximum absolute atomic E-state index is 12.1. The van der Waals surface area contributed by atoms with Crippen LogP contribution < -0.4 is 15.8 Å². The number of ether oxygens (including phenoxy) is 1. The van der Waals surface area contributed by atoms with Crippen molar-refractivity contribution in [1.82, 2.24) is 0 Å². The van der Waals surface area contributed by atoms with Crippen LogP contribution in [0.25, 0.3) is 0 Å². The highest BCUT2D eigenvalue weighted by molar-refractivity contribution is 5.91. The van der Waals surface area contributed by atoms with Gasteiger partial charge in [0.1, 0.15) is 11.4 Å². The van der Waals surface area contributed by atoms with Crippen LogP contribution in [0.5, 0.6) is 5.75 Å². The zero-order valence-corrected chi connectivity index (χ0v) is 13.9. The summed E-state index contributed by atoms with van der Waals surface area (Å²) in [5, 5.41) is 2.86. The molecule has 0 saturated carbocycles. The van der Waals surface area contributed by atoms with Crippen LogP contribution in [-0.4, -0.2) is 11.5 Å². The highest BCUT2D eigenvalue weighted by atomic mass is 16.5. The average molecular weight is 312 g/mol. The van der Waals surface area contributed by atoms with Crippen LogP contribution in [0.15, 0.2) is 54.6 Å². The molecule has 0 radical (unpaired) electrons. The Morgan fingerprint density at radius 1 is 1.09 bits per heavy atom. The van der Waals surface area contributed by atoms with Crippen molar-refractivity contribution >= 4 is 11.6 Å². The van der Waals surface area contributed by atoms with Crippen LogP contribution in [0.1, 0.15) is 38.8 Å². The first-order chi connectivity index (χ1) is 10.8. The predicted molar refractivity (Wildman–Crippen MR) is 93.4 cm³/mol. The van der Waals surface area contributed by atoms with Crippen LogP contribution in [0.3, 0.4) is 0 Å². The van der Waals surface area contributed by atoms with E-state index in [0.717, 1.165) is 17.0 Å². The molecule has 0 spiro atoms. The Morgan fingerprint density at radius 3 is 2.26 bits per heavy atom. The summed E-state index contributed by atoms with van der Waals surface area (Å²) < 4.78 is 5.75. The second kappa shape index (κ2) is 7.29. The van der Waals surface area contributed by atoms with E-state index in [-0.39, 0.29) is 24.0 Å². The van der Waals surface area contributed by atoms with Crippen LogP contribution in [0.2, 0.25) is 0 Å². The Labute approximate surface area is 137 Å². The maximum Gasteiger partial charge on any atom is 0.226 e. The van der Waals surface area contributed by atoms with Gasteiger partial charge < -0.3 is 15.8 Å². The highest BCUT2D eigenvalue weighted by Gasteiger charge is 2.13. The molecule has 0 aliphatic carbocycles. The van der Waals surface area contributed by atoms with Crippen molar-refractivity contribution < 1.29 is 9.53 Å². The van der Waals surface area contributed by atoms with Gasteiger partial charge in [0, 0.05) is 18.2 Å². The minimum absolute atomic E-state index is 0.106. The first-order valence-corrected chi connectivity index (χ1v) is 7.73. The normalized spacial score (nSPS) is 12.5. The van der Waals surface area contributed by atoms with Gasteiger partial charge in [-0.3, -0.25) is 4.79 Å². The first-order valence-electron chi connectivity index (χ1n) is 7.73. The van der Waals surface area contributed by atoms with Crippen LogP contribution >= 0.6 is 0 Å². The lowest BCUT2D eigenvalue weighted by molar-refractivity contribution is -0.116. The van der Waals surface area contributed by atoms with Gasteiger partial charge in [-0.05, 0) is 50.6 Å². The molecule has 2 aromatic carbocycles. The summed E-state index contributed by atoms with van der Waals surface area (Å²) in [6, 6.07) is 16.7. The molecule has 3 N–H and O–H groups in total. The van der Waals surface area contributed by atoms with Gasteiger partial charge in [-0.25, -0.2) is 0 Å². The van der Waals surface area contributed by atoms with E-state index in [1.807, 2.05) is 75.4 Å². The molecule has 4 nitrogen and oxygen atoms in total. The van der Waals surface area contributed by atoms with Crippen molar-refractivity contribution in [1.29, 1.82) is 0 Å². The summed E-state index contributed by atoms with van der Waals surface area (Å²) in [7, 11) is 0. The largest absolute Gasteiger partial charge is 0.488 e. The fourth-order valence-electron chi connectivity index (χ4n) is 2.19. The lowest BCUT2D eigenvalue weighted by Gasteiger charge is -2.21. The van der Waals surface area contributed by atoms with Gasteiger partial charge in [0.15, 0.2) is 0 Å². The summed E-state index contributed by atoms with van der Waals surface area (Å²) >= 11 is 0. The number of benzene rings is 2. The number of rotatable bonds is 5. The van der Waals surface area contributed by atoms with Crippen molar-refractivity contribution in [2.24, 2.45) is 5.73 Å². The molecular formula is C19H24N2O2. The summed E-state index contributed by atoms with van der Waals surface area (Å²) in [5.41, 5.74) is 7.51. The quantitative estimate of drug-likeness (QED) is 0.880. The van der Waals surface area contributed by atoms with Crippen molar-refractivity contribution in [2.75, 3.05) is 5.32 Å². The molecule has 23 heavy (non-hydrogen) atoms. The molecule has 1 unspecified atom stereocenters. The summed E-state index contributed by atoms with van der Waals surface area (Å²) in [6.07, 6.45) is 0.240. The van der Waals surface area contributed by atoms with E-state index in [0.29, 0.717) is 0 Å². The van der Waals surface area contributed by atoms with E-state index in [4.69, 9.17) is 10.5 Å². The van der Waals surface area contributed by atoms with Crippen molar-refractivity contribution in [3.63, 3.8) is 0 Å². The molecule has 0 heterocycles. The minimum Gasteiger partial charge on any atom is -0.488 e. The molecule has 0 aliphatic rings. The number of carbonyl (C=O) groups excluding carboxylic acids is 1. The second-order valence-electron chi connectivity index (χ2n) is 6.51. The van der Waals surface area contributed by atoms with E-state index in [1.54, 1.807) is 0 Å². The molecule has 0 saturated heterocycles. The Kier molecular flexibility index (Phi) is 5.40. The smallest absolute Gasteiger partial charge is 0.226 e. The van der Waals surface area contributed by atoms with Crippen LogP contribution in [-0.2, 0) is 4.79 Å². The third-order valence-corrected chi connectivity index (χ3v) is 3.20. The van der Waals surface area contributed by atoms with Crippen molar-refractivity contribution in [2.45, 2.75) is 38.8 Å². The Morgan fingerprint density at radius 2 is 1.70 bits per heavy atom. The monoisotopic (exact) mass is 312 g/mol. The molecule has 0 bridgehead atoms. The highest BCUT2D eigenvalue weighted by Crippen LogP contribution is 2.21. The molecule has 4 heteroatoms. The van der Waals surface area contributed by atoms with Crippen LogP contribution in [0, 0.1) is 0 Å². The van der Waals surface area contributed by atoms with Gasteiger partial charge in [-0.15, -0.1) is 0 Å². The number of hydrogen-bond acceptors (Lipinski definition) is 3. The van der Waals surface area contributed by atoms with Gasteiger partial charge in [0.25, 0.3) is 0 Å². The lowest BCUT2D eigenvalue weighted by atomic mass is 10.0. The summed E-state index contributed by atoms with van der Waals surface area (Å²) in [5.74, 6) is 0.669. The predicted octanol–water partition coefficient (Wildman–Crippen LogP) is 3.89. The first kappa shape index (κ1) is 17.0. The summed E-state index contributed by atoms with van der Waals surface area (Å²) in [4.78, 5) is 12.1. The van der Waals surface area contributed by atoms with Gasteiger partial charge in [0.2, 0.25) is 5.91 Å². The third-order valence-electron chi connectivity index (χ3n) is 3.20. The maximum atomic E-state index is 12.1. The molecule has 1 atom stereocenters. The number of carbonyl (C=O) groups is 1. The van der Waals surface area contributed by atoms with E-state index in [9.17, 15) is 4.79 Å². The number of nitrogens with one attached hydrogen (secondary N) is 1. The zero-order chi connectivity index (χ0) is 16.9. The molecule has 1 amide bonds. The summed E-state index contributed by atoms with van der Waals surface area (Å²) in [6.45, 7) is 5.98. The number of hydrogen-bond donors (Lipinski definition) is 2. The minimum atomic E-state index is -0.306. The van der Waals surface area contributed by atoms with Gasteiger partial charge in [0.05, 0.1) is 0 Å². The second-order valence-corrected chi connectivity index (χ2v) is 6.51. The molecule has 0 fully saturated rings. The van der Waals surface area contributed by atoms with E-state index in [1.165, 1.54) is 0 Å². The van der Waals surface area contributed by atoms with Gasteiger partial charge in [-0.1, -0.05) is 30.3 Å². The standard InChI is InChI=1S/C19H24N2O2/c1-19(2,3)23-16-11-9-15(10-12-16)21-18(22)13-17(20)14-7-5-4-6-8-14/h4-12,17H,13,20H2,1-3H3,(H,21,22). The average Bonchev–Trinajstić information content (AvgIpc) is 2.48.